The second-order valence-corrected chi connectivity index (χ2v) is 6.44. The molecule has 2 rings (SSSR count). The molecule has 3 nitrogen and oxygen atoms in total. The summed E-state index contributed by atoms with van der Waals surface area (Å²) in [6.45, 7) is 6.03. The summed E-state index contributed by atoms with van der Waals surface area (Å²) >= 11 is 6.84. The van der Waals surface area contributed by atoms with E-state index in [4.69, 9.17) is 12.2 Å². The molecule has 0 amide bonds. The third-order valence-electron chi connectivity index (χ3n) is 2.88. The predicted octanol–water partition coefficient (Wildman–Crippen LogP) is 4.21. The average Bonchev–Trinajstić information content (AvgIpc) is 2.78. The van der Waals surface area contributed by atoms with E-state index in [1.54, 1.807) is 29.5 Å². The van der Waals surface area contributed by atoms with Crippen molar-refractivity contribution in [2.75, 3.05) is 5.32 Å². The normalized spacial score (nSPS) is 11.3. The van der Waals surface area contributed by atoms with Gasteiger partial charge in [-0.05, 0) is 51.2 Å². The van der Waals surface area contributed by atoms with Crippen LogP contribution in [0.2, 0.25) is 0 Å². The average molecular weight is 321 g/mol. The highest BCUT2D eigenvalue weighted by Gasteiger charge is 2.06. The first-order chi connectivity index (χ1) is 9.97. The molecular formula is C15H16FN3S2. The predicted molar refractivity (Wildman–Crippen MR) is 91.8 cm³/mol. The van der Waals surface area contributed by atoms with Crippen LogP contribution in [0.3, 0.4) is 0 Å². The number of rotatable bonds is 3. The largest absolute Gasteiger partial charge is 0.329 e. The van der Waals surface area contributed by atoms with Gasteiger partial charge in [0.1, 0.15) is 5.82 Å². The molecule has 0 spiro atoms. The number of hydrogen-bond donors (Lipinski definition) is 2. The van der Waals surface area contributed by atoms with E-state index in [-0.39, 0.29) is 10.9 Å². The van der Waals surface area contributed by atoms with Crippen molar-refractivity contribution in [3.63, 3.8) is 0 Å². The van der Waals surface area contributed by atoms with Crippen LogP contribution in [0.1, 0.15) is 22.2 Å². The summed E-state index contributed by atoms with van der Waals surface area (Å²) in [6.07, 6.45) is 0. The highest BCUT2D eigenvalue weighted by atomic mass is 32.1. The molecule has 0 aliphatic heterocycles. The van der Waals surface area contributed by atoms with E-state index in [2.05, 4.69) is 35.8 Å². The molecule has 0 aliphatic rings. The number of nitrogens with zero attached hydrogens (tertiary/aromatic N) is 1. The maximum atomic E-state index is 13.5. The number of halogens is 1. The molecule has 110 valence electrons. The lowest BCUT2D eigenvalue weighted by Crippen LogP contribution is -2.25. The summed E-state index contributed by atoms with van der Waals surface area (Å²) in [5.74, 6) is -0.355. The van der Waals surface area contributed by atoms with Crippen LogP contribution in [0.25, 0.3) is 0 Å². The minimum atomic E-state index is -0.355. The van der Waals surface area contributed by atoms with Crippen molar-refractivity contribution < 1.29 is 4.39 Å². The van der Waals surface area contributed by atoms with Gasteiger partial charge in [-0.15, -0.1) is 11.3 Å². The second kappa shape index (κ2) is 6.78. The van der Waals surface area contributed by atoms with Crippen molar-refractivity contribution in [2.24, 2.45) is 5.10 Å². The number of hydrazone groups is 1. The fourth-order valence-corrected chi connectivity index (χ4v) is 3.03. The first-order valence-corrected chi connectivity index (χ1v) is 7.63. The molecule has 0 atom stereocenters. The molecule has 1 aromatic heterocycles. The summed E-state index contributed by atoms with van der Waals surface area (Å²) in [6, 6.07) is 8.44. The smallest absolute Gasteiger partial charge is 0.191 e. The van der Waals surface area contributed by atoms with E-state index in [0.29, 0.717) is 5.69 Å². The van der Waals surface area contributed by atoms with Gasteiger partial charge in [-0.1, -0.05) is 12.1 Å². The topological polar surface area (TPSA) is 36.4 Å². The summed E-state index contributed by atoms with van der Waals surface area (Å²) < 4.78 is 13.5. The Balaban J connectivity index is 2.02. The molecule has 1 aromatic carbocycles. The Bertz CT molecular complexity index is 692. The van der Waals surface area contributed by atoms with Gasteiger partial charge in [-0.25, -0.2) is 4.39 Å². The van der Waals surface area contributed by atoms with E-state index in [0.717, 1.165) is 11.3 Å². The highest BCUT2D eigenvalue weighted by molar-refractivity contribution is 7.80. The van der Waals surface area contributed by atoms with Crippen molar-refractivity contribution in [2.45, 2.75) is 20.8 Å². The second-order valence-electron chi connectivity index (χ2n) is 4.57. The summed E-state index contributed by atoms with van der Waals surface area (Å²) in [4.78, 5) is 2.45. The van der Waals surface area contributed by atoms with Gasteiger partial charge < -0.3 is 5.32 Å². The molecule has 2 N–H and O–H groups in total. The van der Waals surface area contributed by atoms with Crippen LogP contribution in [0, 0.1) is 19.7 Å². The minimum Gasteiger partial charge on any atom is -0.329 e. The molecule has 0 fully saturated rings. The first-order valence-electron chi connectivity index (χ1n) is 6.40. The summed E-state index contributed by atoms with van der Waals surface area (Å²) in [7, 11) is 0. The minimum absolute atomic E-state index is 0.254. The maximum Gasteiger partial charge on any atom is 0.191 e. The third kappa shape index (κ3) is 4.09. The summed E-state index contributed by atoms with van der Waals surface area (Å²) in [5, 5.41) is 7.27. The molecule has 6 heteroatoms. The van der Waals surface area contributed by atoms with Crippen molar-refractivity contribution in [3.05, 3.63) is 51.5 Å². The molecule has 0 bridgehead atoms. The van der Waals surface area contributed by atoms with Gasteiger partial charge in [-0.2, -0.15) is 5.10 Å². The monoisotopic (exact) mass is 321 g/mol. The molecule has 0 unspecified atom stereocenters. The molecule has 0 aliphatic carbocycles. The van der Waals surface area contributed by atoms with Crippen LogP contribution in [0.4, 0.5) is 10.1 Å². The number of hydrogen-bond acceptors (Lipinski definition) is 3. The first kappa shape index (κ1) is 15.6. The zero-order valence-corrected chi connectivity index (χ0v) is 13.7. The Kier molecular flexibility index (Phi) is 5.03. The standard InChI is InChI=1S/C15H16FN3S2/c1-9-8-12(11(3)21-9)10(2)18-19-15(20)17-14-7-5-4-6-13(14)16/h4-8H,1-3H3,(H2,17,19,20)/b18-10-. The molecule has 21 heavy (non-hydrogen) atoms. The van der Waals surface area contributed by atoms with Crippen LogP contribution in [-0.4, -0.2) is 10.8 Å². The van der Waals surface area contributed by atoms with Crippen LogP contribution in [0.5, 0.6) is 0 Å². The number of thiophene rings is 1. The number of aryl methyl sites for hydroxylation is 2. The van der Waals surface area contributed by atoms with E-state index in [9.17, 15) is 4.39 Å². The Morgan fingerprint density at radius 3 is 2.62 bits per heavy atom. The van der Waals surface area contributed by atoms with Gasteiger partial charge in [-0.3, -0.25) is 5.43 Å². The summed E-state index contributed by atoms with van der Waals surface area (Å²) in [5.41, 5.74) is 5.00. The number of nitrogens with one attached hydrogen (secondary N) is 2. The van der Waals surface area contributed by atoms with Gasteiger partial charge in [0.2, 0.25) is 0 Å². The van der Waals surface area contributed by atoms with E-state index >= 15 is 0 Å². The van der Waals surface area contributed by atoms with Crippen molar-refractivity contribution >= 4 is 40.1 Å². The molecular weight excluding hydrogens is 305 g/mol. The van der Waals surface area contributed by atoms with Crippen molar-refractivity contribution in [1.29, 1.82) is 0 Å². The Morgan fingerprint density at radius 2 is 2.00 bits per heavy atom. The van der Waals surface area contributed by atoms with Crippen LogP contribution >= 0.6 is 23.6 Å². The van der Waals surface area contributed by atoms with Gasteiger partial charge in [0.15, 0.2) is 5.11 Å². The third-order valence-corrected chi connectivity index (χ3v) is 4.04. The molecule has 2 aromatic rings. The van der Waals surface area contributed by atoms with Crippen LogP contribution in [-0.2, 0) is 0 Å². The Labute approximate surface area is 132 Å². The molecule has 0 saturated carbocycles. The van der Waals surface area contributed by atoms with Crippen molar-refractivity contribution in [1.82, 2.24) is 5.43 Å². The molecule has 1 heterocycles. The SMILES string of the molecule is C/C(=N/NC(=S)Nc1ccccc1F)c1cc(C)sc1C. The highest BCUT2D eigenvalue weighted by Crippen LogP contribution is 2.21. The zero-order chi connectivity index (χ0) is 15.4. The lowest BCUT2D eigenvalue weighted by atomic mass is 10.2. The van der Waals surface area contributed by atoms with Gasteiger partial charge in [0.25, 0.3) is 0 Å². The van der Waals surface area contributed by atoms with E-state index in [1.807, 2.05) is 6.92 Å². The van der Waals surface area contributed by atoms with Crippen molar-refractivity contribution in [3.8, 4) is 0 Å². The van der Waals surface area contributed by atoms with E-state index < -0.39 is 0 Å². The van der Waals surface area contributed by atoms with Gasteiger partial charge in [0.05, 0.1) is 11.4 Å². The number of para-hydroxylation sites is 1. The fraction of sp³-hybridized carbons (Fsp3) is 0.200. The Morgan fingerprint density at radius 1 is 1.29 bits per heavy atom. The fourth-order valence-electron chi connectivity index (χ4n) is 1.90. The van der Waals surface area contributed by atoms with Crippen LogP contribution in [0.15, 0.2) is 35.4 Å². The molecule has 0 radical (unpaired) electrons. The quantitative estimate of drug-likeness (QED) is 0.505. The molecule has 0 saturated heterocycles. The lowest BCUT2D eigenvalue weighted by Gasteiger charge is -2.08. The number of thiocarbonyl (C=S) groups is 1. The van der Waals surface area contributed by atoms with Gasteiger partial charge >= 0.3 is 0 Å². The Hall–Kier alpha value is -1.79. The maximum absolute atomic E-state index is 13.5. The van der Waals surface area contributed by atoms with Crippen LogP contribution < -0.4 is 10.7 Å². The van der Waals surface area contributed by atoms with E-state index in [1.165, 1.54) is 15.8 Å². The van der Waals surface area contributed by atoms with Gasteiger partial charge in [0, 0.05) is 15.3 Å². The number of benzene rings is 1. The lowest BCUT2D eigenvalue weighted by molar-refractivity contribution is 0.632. The zero-order valence-electron chi connectivity index (χ0n) is 12.0. The number of anilines is 1.